The van der Waals surface area contributed by atoms with E-state index in [2.05, 4.69) is 182 Å². The average Bonchev–Trinajstić information content (AvgIpc) is 3.23. The molecule has 4 N–H and O–H groups in total. The lowest BCUT2D eigenvalue weighted by Gasteiger charge is -2.33. The Bertz CT molecular complexity index is 2520. The first-order valence-electron chi connectivity index (χ1n) is 20.9. The standard InChI is InChI=1S/C50H56N8/c1-33-25-41-45(55-47-31-49(35(3)27-43(47)53-41)57(5)37-19-13-11-14-20-37)29-39(33)51-23-17-9-7-8-10-18-24-52-40-30-46-42(26-34(40)2)54-44-28-36(4)50(32-48(44)56-46)58(6)38-21-15-12-16-22-38/h11-16,19-22,25-32,49,51-52,55H,7-10,17-18,23-24H2,1-6H3/p+1. The van der Waals surface area contributed by atoms with Crippen molar-refractivity contribution in [3.8, 4) is 0 Å². The summed E-state index contributed by atoms with van der Waals surface area (Å²) in [5.41, 5.74) is 19.0. The van der Waals surface area contributed by atoms with Crippen LogP contribution >= 0.6 is 0 Å². The highest BCUT2D eigenvalue weighted by molar-refractivity contribution is 6.15. The number of rotatable bonds is 15. The summed E-state index contributed by atoms with van der Waals surface area (Å²) in [6.07, 6.45) is 11.8. The van der Waals surface area contributed by atoms with Gasteiger partial charge in [-0.05, 0) is 123 Å². The van der Waals surface area contributed by atoms with Gasteiger partial charge < -0.3 is 25.8 Å². The van der Waals surface area contributed by atoms with Crippen molar-refractivity contribution in [1.29, 1.82) is 0 Å². The van der Waals surface area contributed by atoms with Gasteiger partial charge in [-0.15, -0.1) is 0 Å². The Kier molecular flexibility index (Phi) is 11.4. The molecule has 0 saturated heterocycles. The van der Waals surface area contributed by atoms with Gasteiger partial charge in [0.05, 0.1) is 34.5 Å². The van der Waals surface area contributed by atoms with Crippen LogP contribution in [0.4, 0.5) is 39.8 Å². The van der Waals surface area contributed by atoms with E-state index in [0.29, 0.717) is 0 Å². The van der Waals surface area contributed by atoms with Crippen LogP contribution in [0.5, 0.6) is 0 Å². The molecule has 0 fully saturated rings. The number of H-pyrrole nitrogens is 1. The van der Waals surface area contributed by atoms with Crippen LogP contribution in [0.25, 0.3) is 22.1 Å². The van der Waals surface area contributed by atoms with Gasteiger partial charge in [0.1, 0.15) is 11.0 Å². The second-order valence-corrected chi connectivity index (χ2v) is 16.1. The molecule has 2 aliphatic rings. The number of unbranched alkanes of at least 4 members (excludes halogenated alkanes) is 5. The van der Waals surface area contributed by atoms with Gasteiger partial charge in [-0.3, -0.25) is 0 Å². The van der Waals surface area contributed by atoms with E-state index < -0.39 is 0 Å². The van der Waals surface area contributed by atoms with Crippen LogP contribution in [0.2, 0.25) is 0 Å². The minimum atomic E-state index is 0.171. The molecule has 0 bridgehead atoms. The van der Waals surface area contributed by atoms with Gasteiger partial charge in [0.25, 0.3) is 0 Å². The lowest BCUT2D eigenvalue weighted by atomic mass is 9.95. The molecule has 0 saturated carbocycles. The van der Waals surface area contributed by atoms with E-state index in [1.165, 1.54) is 70.7 Å². The maximum Gasteiger partial charge on any atom is 0.232 e. The first-order valence-corrected chi connectivity index (χ1v) is 20.9. The molecule has 8 heteroatoms. The average molecular weight is 770 g/mol. The Morgan fingerprint density at radius 3 is 1.93 bits per heavy atom. The molecule has 296 valence electrons. The zero-order chi connectivity index (χ0) is 40.2. The molecule has 0 amide bonds. The van der Waals surface area contributed by atoms with Crippen LogP contribution in [0, 0.1) is 20.8 Å². The number of hydrogen-bond donors (Lipinski definition) is 3. The fourth-order valence-corrected chi connectivity index (χ4v) is 8.32. The van der Waals surface area contributed by atoms with Crippen LogP contribution in [0.3, 0.4) is 0 Å². The van der Waals surface area contributed by atoms with E-state index in [1.807, 2.05) is 0 Å². The Balaban J connectivity index is 0.785. The minimum Gasteiger partial charge on any atom is -0.385 e. The van der Waals surface area contributed by atoms with Gasteiger partial charge in [0.2, 0.25) is 11.0 Å². The summed E-state index contributed by atoms with van der Waals surface area (Å²) < 4.78 is 0. The van der Waals surface area contributed by atoms with Crippen molar-refractivity contribution in [3.05, 3.63) is 137 Å². The Morgan fingerprint density at radius 2 is 1.24 bits per heavy atom. The number of fused-ring (bicyclic) bond motifs is 4. The van der Waals surface area contributed by atoms with Crippen molar-refractivity contribution in [3.63, 3.8) is 0 Å². The summed E-state index contributed by atoms with van der Waals surface area (Å²) in [7, 11) is 4.28. The molecule has 58 heavy (non-hydrogen) atoms. The van der Waals surface area contributed by atoms with Crippen molar-refractivity contribution < 1.29 is 4.98 Å². The van der Waals surface area contributed by atoms with E-state index in [4.69, 9.17) is 9.98 Å². The number of nitrogens with one attached hydrogen (secondary N) is 4. The monoisotopic (exact) mass is 769 g/mol. The van der Waals surface area contributed by atoms with Crippen molar-refractivity contribution in [2.45, 2.75) is 72.3 Å². The van der Waals surface area contributed by atoms with Gasteiger partial charge in [-0.25, -0.2) is 15.0 Å². The SMILES string of the molecule is CC1=CC2=Nc3cc(C)c(NCCCCCCCCNc4cc5[nH+]c6cc(N(C)c7ccccc7)c(C)cc6nc5cc4C)cc3NC2=CC1N(C)c1ccccc1. The second-order valence-electron chi connectivity index (χ2n) is 16.1. The topological polar surface area (TPSA) is 82.0 Å². The molecule has 1 aliphatic heterocycles. The fraction of sp³-hybridized carbons (Fsp3) is 0.300. The number of benzene rings is 5. The lowest BCUT2D eigenvalue weighted by molar-refractivity contribution is -0.310. The molecule has 0 radical (unpaired) electrons. The predicted octanol–water partition coefficient (Wildman–Crippen LogP) is 11.6. The number of aliphatic imine (C=N–C) groups is 1. The zero-order valence-corrected chi connectivity index (χ0v) is 34.9. The molecule has 1 unspecified atom stereocenters. The molecule has 1 aliphatic carbocycles. The highest BCUT2D eigenvalue weighted by Crippen LogP contribution is 2.38. The number of aromatic amines is 1. The Morgan fingerprint density at radius 1 is 0.655 bits per heavy atom. The number of hydrogen-bond acceptors (Lipinski definition) is 7. The van der Waals surface area contributed by atoms with Crippen molar-refractivity contribution >= 4 is 67.6 Å². The molecule has 2 heterocycles. The molecule has 8 rings (SSSR count). The van der Waals surface area contributed by atoms with Crippen LogP contribution < -0.4 is 30.7 Å². The number of nitrogens with zero attached hydrogens (tertiary/aromatic N) is 4. The van der Waals surface area contributed by atoms with E-state index >= 15 is 0 Å². The molecule has 1 atom stereocenters. The van der Waals surface area contributed by atoms with Crippen LogP contribution in [0.1, 0.15) is 62.1 Å². The number of anilines is 6. The van der Waals surface area contributed by atoms with E-state index in [9.17, 15) is 0 Å². The summed E-state index contributed by atoms with van der Waals surface area (Å²) in [6.45, 7) is 10.6. The Hall–Kier alpha value is -6.15. The summed E-state index contributed by atoms with van der Waals surface area (Å²) in [5.74, 6) is 0. The second kappa shape index (κ2) is 17.1. The minimum absolute atomic E-state index is 0.171. The zero-order valence-electron chi connectivity index (χ0n) is 34.9. The predicted molar refractivity (Wildman–Crippen MR) is 247 cm³/mol. The molecule has 1 aromatic heterocycles. The first kappa shape index (κ1) is 38.7. The lowest BCUT2D eigenvalue weighted by Crippen LogP contribution is -2.35. The van der Waals surface area contributed by atoms with Crippen molar-refractivity contribution in [1.82, 2.24) is 4.98 Å². The van der Waals surface area contributed by atoms with Gasteiger partial charge in [0, 0.05) is 62.1 Å². The molecule has 6 aromatic rings. The normalized spacial score (nSPS) is 14.5. The van der Waals surface area contributed by atoms with Crippen LogP contribution in [-0.4, -0.2) is 43.9 Å². The Labute approximate surface area is 343 Å². The number of aryl methyl sites for hydroxylation is 3. The largest absolute Gasteiger partial charge is 0.385 e. The highest BCUT2D eigenvalue weighted by atomic mass is 15.1. The van der Waals surface area contributed by atoms with E-state index in [0.717, 1.165) is 76.5 Å². The number of aromatic nitrogens is 2. The third-order valence-electron chi connectivity index (χ3n) is 11.8. The smallest absolute Gasteiger partial charge is 0.232 e. The van der Waals surface area contributed by atoms with Crippen LogP contribution in [0.15, 0.2) is 125 Å². The molecular formula is C50H57N8+. The van der Waals surface area contributed by atoms with Gasteiger partial charge in [0.15, 0.2) is 0 Å². The van der Waals surface area contributed by atoms with Gasteiger partial charge >= 0.3 is 0 Å². The summed E-state index contributed by atoms with van der Waals surface area (Å²) in [5, 5.41) is 11.1. The summed E-state index contributed by atoms with van der Waals surface area (Å²) in [6, 6.07) is 34.5. The fourth-order valence-electron chi connectivity index (χ4n) is 8.32. The number of likely N-dealkylation sites (N-methyl/N-ethyl adjacent to an activating group) is 1. The van der Waals surface area contributed by atoms with E-state index in [-0.39, 0.29) is 6.04 Å². The maximum absolute atomic E-state index is 5.05. The van der Waals surface area contributed by atoms with Gasteiger partial charge in [-0.2, -0.15) is 0 Å². The number of allylic oxidation sites excluding steroid dienone is 1. The van der Waals surface area contributed by atoms with Crippen molar-refractivity contribution in [2.24, 2.45) is 4.99 Å². The molecule has 8 nitrogen and oxygen atoms in total. The van der Waals surface area contributed by atoms with Gasteiger partial charge in [-0.1, -0.05) is 62.1 Å². The summed E-state index contributed by atoms with van der Waals surface area (Å²) in [4.78, 5) is 18.3. The van der Waals surface area contributed by atoms with Crippen molar-refractivity contribution in [2.75, 3.05) is 52.9 Å². The maximum atomic E-state index is 5.05. The third kappa shape index (κ3) is 8.42. The molecule has 0 spiro atoms. The number of para-hydroxylation sites is 2. The molecule has 5 aromatic carbocycles. The molecular weight excluding hydrogens is 713 g/mol. The highest BCUT2D eigenvalue weighted by Gasteiger charge is 2.26. The third-order valence-corrected chi connectivity index (χ3v) is 11.8. The van der Waals surface area contributed by atoms with E-state index in [1.54, 1.807) is 0 Å². The first-order chi connectivity index (χ1) is 28.2. The quantitative estimate of drug-likeness (QED) is 0.0713. The van der Waals surface area contributed by atoms with Crippen LogP contribution in [-0.2, 0) is 0 Å². The summed E-state index contributed by atoms with van der Waals surface area (Å²) >= 11 is 0.